The van der Waals surface area contributed by atoms with Crippen molar-refractivity contribution < 1.29 is 0 Å². The number of halogens is 1. The fourth-order valence-electron chi connectivity index (χ4n) is 2.23. The maximum absolute atomic E-state index is 6.26. The molecule has 0 radical (unpaired) electrons. The Balaban J connectivity index is 2.27. The first-order valence-corrected chi connectivity index (χ1v) is 6.98. The average molecular weight is 275 g/mol. The summed E-state index contributed by atoms with van der Waals surface area (Å²) in [6.45, 7) is 5.13. The van der Waals surface area contributed by atoms with Crippen molar-refractivity contribution in [3.05, 3.63) is 64.4 Å². The van der Waals surface area contributed by atoms with E-state index < -0.39 is 0 Å². The van der Waals surface area contributed by atoms with E-state index >= 15 is 0 Å². The molecule has 1 aromatic heterocycles. The molecule has 0 fully saturated rings. The van der Waals surface area contributed by atoms with Gasteiger partial charge in [0.25, 0.3) is 0 Å². The van der Waals surface area contributed by atoms with Crippen molar-refractivity contribution in [2.75, 3.05) is 6.54 Å². The van der Waals surface area contributed by atoms with Gasteiger partial charge in [0.2, 0.25) is 0 Å². The number of aryl methyl sites for hydroxylation is 1. The topological polar surface area (TPSA) is 24.9 Å². The molecule has 0 bridgehead atoms. The molecule has 0 saturated heterocycles. The zero-order chi connectivity index (χ0) is 13.7. The predicted molar refractivity (Wildman–Crippen MR) is 80.5 cm³/mol. The zero-order valence-electron chi connectivity index (χ0n) is 11.4. The van der Waals surface area contributed by atoms with Gasteiger partial charge in [0.1, 0.15) is 0 Å². The minimum atomic E-state index is 0.153. The predicted octanol–water partition coefficient (Wildman–Crippen LogP) is 3.94. The summed E-state index contributed by atoms with van der Waals surface area (Å²) in [5.74, 6) is 0. The highest BCUT2D eigenvalue weighted by atomic mass is 35.5. The Morgan fingerprint density at radius 2 is 2.00 bits per heavy atom. The summed E-state index contributed by atoms with van der Waals surface area (Å²) < 4.78 is 0. The van der Waals surface area contributed by atoms with Crippen LogP contribution in [0.25, 0.3) is 0 Å². The molecule has 2 nitrogen and oxygen atoms in total. The maximum Gasteiger partial charge on any atom is 0.0762 e. The molecular weight excluding hydrogens is 256 g/mol. The standard InChI is InChI=1S/C16H19ClN2/c1-3-18-15(16-14(17)9-6-10-19-16)11-13-8-5-4-7-12(13)2/h4-10,15,18H,3,11H2,1-2H3. The summed E-state index contributed by atoms with van der Waals surface area (Å²) in [6, 6.07) is 12.4. The van der Waals surface area contributed by atoms with Crippen molar-refractivity contribution in [1.82, 2.24) is 10.3 Å². The van der Waals surface area contributed by atoms with E-state index in [0.29, 0.717) is 0 Å². The van der Waals surface area contributed by atoms with Crippen LogP contribution in [0, 0.1) is 6.92 Å². The molecule has 0 aliphatic carbocycles. The smallest absolute Gasteiger partial charge is 0.0762 e. The minimum absolute atomic E-state index is 0.153. The molecule has 1 unspecified atom stereocenters. The van der Waals surface area contributed by atoms with Gasteiger partial charge in [-0.15, -0.1) is 0 Å². The van der Waals surface area contributed by atoms with Crippen LogP contribution in [0.5, 0.6) is 0 Å². The third-order valence-corrected chi connectivity index (χ3v) is 3.57. The van der Waals surface area contributed by atoms with Gasteiger partial charge in [-0.2, -0.15) is 0 Å². The number of nitrogens with one attached hydrogen (secondary N) is 1. The Labute approximate surface area is 119 Å². The number of aromatic nitrogens is 1. The number of hydrogen-bond donors (Lipinski definition) is 1. The van der Waals surface area contributed by atoms with E-state index in [0.717, 1.165) is 23.7 Å². The molecule has 0 amide bonds. The van der Waals surface area contributed by atoms with Crippen LogP contribution < -0.4 is 5.32 Å². The number of rotatable bonds is 5. The fraction of sp³-hybridized carbons (Fsp3) is 0.312. The van der Waals surface area contributed by atoms with Gasteiger partial charge in [-0.3, -0.25) is 4.98 Å². The number of benzene rings is 1. The molecule has 0 saturated carbocycles. The quantitative estimate of drug-likeness (QED) is 0.893. The van der Waals surface area contributed by atoms with Crippen LogP contribution in [0.15, 0.2) is 42.6 Å². The van der Waals surface area contributed by atoms with E-state index in [9.17, 15) is 0 Å². The second-order valence-electron chi connectivity index (χ2n) is 4.61. The minimum Gasteiger partial charge on any atom is -0.309 e. The van der Waals surface area contributed by atoms with Crippen LogP contribution in [0.3, 0.4) is 0 Å². The van der Waals surface area contributed by atoms with Crippen molar-refractivity contribution in [1.29, 1.82) is 0 Å². The molecule has 1 atom stereocenters. The van der Waals surface area contributed by atoms with Gasteiger partial charge in [-0.25, -0.2) is 0 Å². The van der Waals surface area contributed by atoms with E-state index in [1.165, 1.54) is 11.1 Å². The van der Waals surface area contributed by atoms with Gasteiger partial charge in [0.05, 0.1) is 16.8 Å². The van der Waals surface area contributed by atoms with Crippen molar-refractivity contribution in [3.8, 4) is 0 Å². The lowest BCUT2D eigenvalue weighted by Crippen LogP contribution is -2.24. The van der Waals surface area contributed by atoms with Crippen molar-refractivity contribution in [3.63, 3.8) is 0 Å². The van der Waals surface area contributed by atoms with E-state index in [1.807, 2.05) is 12.1 Å². The summed E-state index contributed by atoms with van der Waals surface area (Å²) in [5.41, 5.74) is 3.56. The molecule has 3 heteroatoms. The fourth-order valence-corrected chi connectivity index (χ4v) is 2.48. The van der Waals surface area contributed by atoms with Gasteiger partial charge in [-0.1, -0.05) is 42.8 Å². The SMILES string of the molecule is CCNC(Cc1ccccc1C)c1ncccc1Cl. The Morgan fingerprint density at radius 3 is 2.68 bits per heavy atom. The van der Waals surface area contributed by atoms with Crippen LogP contribution in [-0.4, -0.2) is 11.5 Å². The first-order chi connectivity index (χ1) is 9.22. The molecule has 100 valence electrons. The number of pyridine rings is 1. The number of nitrogens with zero attached hydrogens (tertiary/aromatic N) is 1. The average Bonchev–Trinajstić information content (AvgIpc) is 2.41. The number of likely N-dealkylation sites (N-methyl/N-ethyl adjacent to an activating group) is 1. The highest BCUT2D eigenvalue weighted by Gasteiger charge is 2.16. The Morgan fingerprint density at radius 1 is 1.21 bits per heavy atom. The van der Waals surface area contributed by atoms with E-state index in [1.54, 1.807) is 6.20 Å². The maximum atomic E-state index is 6.26. The molecule has 1 aromatic carbocycles. The Hall–Kier alpha value is -1.38. The van der Waals surface area contributed by atoms with Crippen LogP contribution in [-0.2, 0) is 6.42 Å². The van der Waals surface area contributed by atoms with Gasteiger partial charge in [0.15, 0.2) is 0 Å². The van der Waals surface area contributed by atoms with Crippen LogP contribution in [0.4, 0.5) is 0 Å². The Bertz CT molecular complexity index is 540. The highest BCUT2D eigenvalue weighted by Crippen LogP contribution is 2.24. The lowest BCUT2D eigenvalue weighted by atomic mass is 9.99. The van der Waals surface area contributed by atoms with Crippen molar-refractivity contribution in [2.45, 2.75) is 26.3 Å². The summed E-state index contributed by atoms with van der Waals surface area (Å²) in [7, 11) is 0. The van der Waals surface area contributed by atoms with E-state index in [2.05, 4.69) is 48.4 Å². The molecule has 19 heavy (non-hydrogen) atoms. The summed E-state index contributed by atoms with van der Waals surface area (Å²) >= 11 is 6.26. The van der Waals surface area contributed by atoms with Gasteiger partial charge in [0, 0.05) is 6.20 Å². The molecule has 1 N–H and O–H groups in total. The molecule has 2 aromatic rings. The summed E-state index contributed by atoms with van der Waals surface area (Å²) in [5, 5.41) is 4.19. The molecule has 0 aliphatic heterocycles. The molecule has 0 spiro atoms. The van der Waals surface area contributed by atoms with Crippen LogP contribution in [0.1, 0.15) is 29.8 Å². The van der Waals surface area contributed by atoms with E-state index in [-0.39, 0.29) is 6.04 Å². The first kappa shape index (κ1) is 14.0. The molecular formula is C16H19ClN2. The lowest BCUT2D eigenvalue weighted by molar-refractivity contribution is 0.536. The van der Waals surface area contributed by atoms with Gasteiger partial charge in [-0.05, 0) is 43.1 Å². The second kappa shape index (κ2) is 6.69. The largest absolute Gasteiger partial charge is 0.309 e. The van der Waals surface area contributed by atoms with Crippen LogP contribution >= 0.6 is 11.6 Å². The normalized spacial score (nSPS) is 12.4. The van der Waals surface area contributed by atoms with Crippen molar-refractivity contribution in [2.24, 2.45) is 0 Å². The summed E-state index contributed by atoms with van der Waals surface area (Å²) in [6.07, 6.45) is 2.70. The van der Waals surface area contributed by atoms with Crippen LogP contribution in [0.2, 0.25) is 5.02 Å². The molecule has 0 aliphatic rings. The molecule has 1 heterocycles. The second-order valence-corrected chi connectivity index (χ2v) is 5.02. The Kier molecular flexibility index (Phi) is 4.94. The molecule has 2 rings (SSSR count). The van der Waals surface area contributed by atoms with Crippen molar-refractivity contribution >= 4 is 11.6 Å². The third-order valence-electron chi connectivity index (χ3n) is 3.25. The lowest BCUT2D eigenvalue weighted by Gasteiger charge is -2.19. The zero-order valence-corrected chi connectivity index (χ0v) is 12.1. The monoisotopic (exact) mass is 274 g/mol. The van der Waals surface area contributed by atoms with Gasteiger partial charge >= 0.3 is 0 Å². The third kappa shape index (κ3) is 3.55. The van der Waals surface area contributed by atoms with Gasteiger partial charge < -0.3 is 5.32 Å². The summed E-state index contributed by atoms with van der Waals surface area (Å²) in [4.78, 5) is 4.43. The van der Waals surface area contributed by atoms with E-state index in [4.69, 9.17) is 11.6 Å². The highest BCUT2D eigenvalue weighted by molar-refractivity contribution is 6.31. The number of hydrogen-bond acceptors (Lipinski definition) is 2. The first-order valence-electron chi connectivity index (χ1n) is 6.60.